The summed E-state index contributed by atoms with van der Waals surface area (Å²) in [5.41, 5.74) is 17.9. The van der Waals surface area contributed by atoms with Crippen LogP contribution in [0.5, 0.6) is 0 Å². The molecule has 0 aromatic heterocycles. The molecule has 0 aliphatic rings. The highest BCUT2D eigenvalue weighted by Crippen LogP contribution is 2.14. The molecule has 0 bridgehead atoms. The third-order valence-electron chi connectivity index (χ3n) is 18.9. The first-order valence-corrected chi connectivity index (χ1v) is 48.8. The number of carbonyl (C=O) groups excluding carboxylic acids is 2. The maximum absolute atomic E-state index is 10.7. The van der Waals surface area contributed by atoms with E-state index in [1.165, 1.54) is 336 Å². The number of nitrogens with one attached hydrogen (secondary N) is 6. The standard InChI is InChI=1S/C20H39N3O.C20H38N2OS.C20H37NO3.C20H37NO2S.C20H37NO2/c1-3-4-5-6-7-8-9-10-11-12-13-14-15-16-17-18-19-24-23-20(21)22-2;1-3-4-5-6-7-8-9-10-11-12-13-14-15-16-17-18-19-23-22-20(24)21-2;1-3-4-5-6-7-8-9-10-11-12-13-14-15-16-17-18-19-24-21-20(22)23-2;1-3-4-5-6-7-8-9-10-11-12-13-14-15-16-17-18-19-23-21-20(24)22-2;1-3-4-5-6-7-8-9-10-11-12-13-14-15-16-17-18-19-23-21-20(2)22/h7-8,10-11H,3-6,9,12-19H2,1-2H3,(H3,21,22,23);7-8,10-11H,3-6,9,12-19H2,1-2H3,(H2,21,22,24);7-8,10-11H,3-6,9,12-19H2,1-2H3,(H,21,22);7-8,10-11H,3-6,9,12-19H2,1-2H3,(H,21,24);7-8,10-11H,3-6,9,12-19H2,1-2H3,(H,21,22)/b5*8-7-,11-10-. The van der Waals surface area contributed by atoms with E-state index in [0.29, 0.717) is 37.5 Å². The fourth-order valence-electron chi connectivity index (χ4n) is 11.6. The quantitative estimate of drug-likeness (QED) is 0.00754. The summed E-state index contributed by atoms with van der Waals surface area (Å²) in [5, 5.41) is 3.63. The topological polar surface area (TPSA) is 209 Å². The van der Waals surface area contributed by atoms with Crippen molar-refractivity contribution in [1.29, 1.82) is 0 Å². The number of unbranched alkanes of at least 4 members (excludes halogenated alkanes) is 45. The Balaban J connectivity index is -0.000000455. The number of amides is 2. The molecular weight excluding hydrogens is 1520 g/mol. The number of hydroxylamine groups is 5. The number of nitrogens with zero attached hydrogens (tertiary/aromatic N) is 1. The van der Waals surface area contributed by atoms with Crippen molar-refractivity contribution < 1.29 is 43.3 Å². The smallest absolute Gasteiger partial charge is 0.431 e. The van der Waals surface area contributed by atoms with Crippen LogP contribution in [0.3, 0.4) is 0 Å². The Bertz CT molecular complexity index is 2230. The van der Waals surface area contributed by atoms with E-state index in [4.69, 9.17) is 59.1 Å². The Morgan fingerprint density at radius 2 is 0.496 bits per heavy atom. The van der Waals surface area contributed by atoms with Gasteiger partial charge in [-0.25, -0.2) is 26.7 Å². The summed E-state index contributed by atoms with van der Waals surface area (Å²) in [4.78, 5) is 50.6. The second-order valence-electron chi connectivity index (χ2n) is 30.4. The molecule has 0 aromatic rings. The maximum Gasteiger partial charge on any atom is 0.431 e. The lowest BCUT2D eigenvalue weighted by Crippen LogP contribution is -2.32. The first-order valence-electron chi connectivity index (χ1n) is 48.0. The molecule has 2 amide bonds. The molecule has 0 radical (unpaired) electrons. The van der Waals surface area contributed by atoms with Crippen LogP contribution in [0.15, 0.2) is 127 Å². The van der Waals surface area contributed by atoms with Gasteiger partial charge in [-0.15, -0.1) is 0 Å². The highest BCUT2D eigenvalue weighted by molar-refractivity contribution is 7.80. The number of hydrogen-bond donors (Lipinski definition) is 7. The van der Waals surface area contributed by atoms with Gasteiger partial charge in [0.25, 0.3) is 5.17 Å². The molecule has 0 saturated heterocycles. The Labute approximate surface area is 744 Å². The fraction of sp³-hybridized carbons (Fsp3) is 0.750. The van der Waals surface area contributed by atoms with Crippen LogP contribution in [0.4, 0.5) is 4.79 Å². The molecule has 19 heteroatoms. The minimum absolute atomic E-state index is 0.134. The Morgan fingerprint density at radius 1 is 0.286 bits per heavy atom. The van der Waals surface area contributed by atoms with Crippen molar-refractivity contribution in [1.82, 2.24) is 32.7 Å². The lowest BCUT2D eigenvalue weighted by Gasteiger charge is -2.06. The number of hydrogen-bond acceptors (Lipinski definition) is 12. The molecule has 8 N–H and O–H groups in total. The SMILES string of the molecule is CCCCC/C=C\C/C=C\CCCCCCCCONC(=O)OC.CCCCC/C=C\C/C=C\CCCCCCCCONC(=S)NC.CCCCC/C=C\C/C=C\CCCCCCCCONC(=S)OC.CCCCC/C=C\C/C=C\CCCCCCCCONC(C)=O.CCCCC/C=C\C/C=C\CCCCCCCCONC(N)=NC. The van der Waals surface area contributed by atoms with Crippen LogP contribution in [-0.2, 0) is 38.5 Å². The molecule has 0 rings (SSSR count). The van der Waals surface area contributed by atoms with E-state index in [0.717, 1.165) is 77.2 Å². The summed E-state index contributed by atoms with van der Waals surface area (Å²) < 4.78 is 9.17. The van der Waals surface area contributed by atoms with E-state index in [9.17, 15) is 9.59 Å². The zero-order valence-electron chi connectivity index (χ0n) is 78.5. The first-order chi connectivity index (χ1) is 58.5. The molecule has 17 nitrogen and oxygen atoms in total. The molecule has 0 saturated carbocycles. The van der Waals surface area contributed by atoms with Gasteiger partial charge in [0.2, 0.25) is 11.9 Å². The normalized spacial score (nSPS) is 11.7. The highest BCUT2D eigenvalue weighted by atomic mass is 32.1. The number of guanidine groups is 1. The zero-order valence-corrected chi connectivity index (χ0v) is 80.2. The second kappa shape index (κ2) is 119. The largest absolute Gasteiger partial charge is 0.473 e. The zero-order chi connectivity index (χ0) is 87.9. The van der Waals surface area contributed by atoms with Crippen LogP contribution >= 0.6 is 24.4 Å². The molecule has 0 aliphatic heterocycles. The molecular formula is C100H188N8O9S2. The van der Waals surface area contributed by atoms with E-state index in [2.05, 4.69) is 199 Å². The third kappa shape index (κ3) is 131. The van der Waals surface area contributed by atoms with E-state index in [1.807, 2.05) is 0 Å². The lowest BCUT2D eigenvalue weighted by molar-refractivity contribution is -0.131. The summed E-state index contributed by atoms with van der Waals surface area (Å²) in [5.74, 6) is 0.195. The predicted molar refractivity (Wildman–Crippen MR) is 524 cm³/mol. The van der Waals surface area contributed by atoms with E-state index < -0.39 is 6.09 Å². The molecule has 0 aliphatic carbocycles. The van der Waals surface area contributed by atoms with Crippen LogP contribution in [0.25, 0.3) is 0 Å². The second-order valence-corrected chi connectivity index (χ2v) is 31.2. The Hall–Kier alpha value is -5.41. The summed E-state index contributed by atoms with van der Waals surface area (Å²) >= 11 is 9.72. The van der Waals surface area contributed by atoms with Gasteiger partial charge in [-0.05, 0) is 217 Å². The van der Waals surface area contributed by atoms with Gasteiger partial charge in [-0.1, -0.05) is 349 Å². The van der Waals surface area contributed by atoms with Crippen LogP contribution in [-0.4, -0.2) is 89.6 Å². The van der Waals surface area contributed by atoms with Gasteiger partial charge in [0.1, 0.15) is 0 Å². The van der Waals surface area contributed by atoms with Gasteiger partial charge in [0.05, 0.1) is 47.3 Å². The van der Waals surface area contributed by atoms with Crippen molar-refractivity contribution >= 4 is 52.7 Å². The van der Waals surface area contributed by atoms with Crippen molar-refractivity contribution in [3.05, 3.63) is 122 Å². The van der Waals surface area contributed by atoms with Gasteiger partial charge in [-0.3, -0.25) is 34.0 Å². The van der Waals surface area contributed by atoms with E-state index in [1.54, 1.807) is 14.1 Å². The maximum atomic E-state index is 10.7. The molecule has 0 atom stereocenters. The average Bonchev–Trinajstić information content (AvgIpc) is 1.20. The third-order valence-corrected chi connectivity index (χ3v) is 19.5. The number of thiocarbonyl (C=S) groups is 2. The van der Waals surface area contributed by atoms with Crippen molar-refractivity contribution in [3.8, 4) is 0 Å². The number of nitrogens with two attached hydrogens (primary N) is 1. The average molecular weight is 1710 g/mol. The number of ether oxygens (including phenoxy) is 2. The van der Waals surface area contributed by atoms with Gasteiger partial charge >= 0.3 is 6.09 Å². The molecule has 0 aromatic carbocycles. The van der Waals surface area contributed by atoms with Crippen molar-refractivity contribution in [2.75, 3.05) is 61.3 Å². The molecule has 0 spiro atoms. The molecule has 0 unspecified atom stereocenters. The van der Waals surface area contributed by atoms with Gasteiger partial charge in [-0.2, -0.15) is 5.48 Å². The van der Waals surface area contributed by atoms with Gasteiger partial charge in [0.15, 0.2) is 5.11 Å². The Kier molecular flexibility index (Phi) is 122. The van der Waals surface area contributed by atoms with Crippen LogP contribution < -0.4 is 38.5 Å². The molecule has 119 heavy (non-hydrogen) atoms. The van der Waals surface area contributed by atoms with Crippen LogP contribution in [0, 0.1) is 0 Å². The minimum Gasteiger partial charge on any atom is -0.473 e. The van der Waals surface area contributed by atoms with Gasteiger partial charge in [0, 0.05) is 21.0 Å². The number of aliphatic imine (C=N–C) groups is 1. The van der Waals surface area contributed by atoms with Crippen LogP contribution in [0.2, 0.25) is 0 Å². The molecule has 0 heterocycles. The minimum atomic E-state index is -0.546. The number of rotatable bonds is 80. The van der Waals surface area contributed by atoms with E-state index >= 15 is 0 Å². The monoisotopic (exact) mass is 1710 g/mol. The van der Waals surface area contributed by atoms with Gasteiger partial charge < -0.3 is 20.5 Å². The van der Waals surface area contributed by atoms with Crippen molar-refractivity contribution in [2.24, 2.45) is 10.7 Å². The summed E-state index contributed by atoms with van der Waals surface area (Å²) in [6.07, 6.45) is 120. The molecule has 694 valence electrons. The Morgan fingerprint density at radius 3 is 0.714 bits per heavy atom. The first kappa shape index (κ1) is 122. The predicted octanol–water partition coefficient (Wildman–Crippen LogP) is 29.3. The number of allylic oxidation sites excluding steroid dienone is 20. The van der Waals surface area contributed by atoms with Crippen LogP contribution in [0.1, 0.15) is 427 Å². The number of carbonyl (C=O) groups is 2. The highest BCUT2D eigenvalue weighted by Gasteiger charge is 2.01. The summed E-state index contributed by atoms with van der Waals surface area (Å²) in [6.45, 7) is 15.9. The van der Waals surface area contributed by atoms with Crippen molar-refractivity contribution in [3.63, 3.8) is 0 Å². The summed E-state index contributed by atoms with van der Waals surface area (Å²) in [7, 11) is 6.25. The summed E-state index contributed by atoms with van der Waals surface area (Å²) in [6, 6.07) is 0. The number of methoxy groups -OCH3 is 2. The van der Waals surface area contributed by atoms with E-state index in [-0.39, 0.29) is 11.1 Å². The van der Waals surface area contributed by atoms with Crippen molar-refractivity contribution in [2.45, 2.75) is 427 Å². The molecule has 0 fully saturated rings. The lowest BCUT2D eigenvalue weighted by atomic mass is 10.1. The fourth-order valence-corrected chi connectivity index (χ4v) is 11.7.